The van der Waals surface area contributed by atoms with Gasteiger partial charge in [0.1, 0.15) is 0 Å². The van der Waals surface area contributed by atoms with E-state index in [9.17, 15) is 14.5 Å². The Morgan fingerprint density at radius 1 is 1.17 bits per heavy atom. The normalized spacial score (nSPS) is 10.1. The summed E-state index contributed by atoms with van der Waals surface area (Å²) in [7, 11) is 0. The Bertz CT molecular complexity index is 558. The molecule has 0 aromatic heterocycles. The molecular formula is C13H11FN2O2. The zero-order valence-corrected chi connectivity index (χ0v) is 9.47. The highest BCUT2D eigenvalue weighted by Gasteiger charge is 2.13. The number of benzene rings is 2. The molecule has 92 valence electrons. The lowest BCUT2D eigenvalue weighted by molar-refractivity contribution is -0.387. The first-order valence-corrected chi connectivity index (χ1v) is 5.38. The summed E-state index contributed by atoms with van der Waals surface area (Å²) < 4.78 is 13.1. The predicted octanol–water partition coefficient (Wildman–Crippen LogP) is 3.35. The molecule has 5 heteroatoms. The first kappa shape index (κ1) is 12.0. The van der Waals surface area contributed by atoms with Crippen LogP contribution in [0.5, 0.6) is 0 Å². The SMILES string of the molecule is O=[N+]([O-])c1cc(CNc2ccccc2)ccc1F. The van der Waals surface area contributed by atoms with Gasteiger partial charge >= 0.3 is 5.69 Å². The van der Waals surface area contributed by atoms with E-state index in [4.69, 9.17) is 0 Å². The molecule has 4 nitrogen and oxygen atoms in total. The van der Waals surface area contributed by atoms with Crippen molar-refractivity contribution in [3.63, 3.8) is 0 Å². The predicted molar refractivity (Wildman–Crippen MR) is 66.8 cm³/mol. The molecule has 0 saturated carbocycles. The van der Waals surface area contributed by atoms with E-state index in [1.807, 2.05) is 30.3 Å². The molecule has 0 amide bonds. The van der Waals surface area contributed by atoms with E-state index in [0.717, 1.165) is 11.8 Å². The first-order chi connectivity index (χ1) is 8.66. The van der Waals surface area contributed by atoms with E-state index in [0.29, 0.717) is 12.1 Å². The van der Waals surface area contributed by atoms with Crippen molar-refractivity contribution in [2.24, 2.45) is 0 Å². The molecule has 0 fully saturated rings. The topological polar surface area (TPSA) is 55.2 Å². The van der Waals surface area contributed by atoms with E-state index >= 15 is 0 Å². The smallest absolute Gasteiger partial charge is 0.305 e. The Labute approximate surface area is 103 Å². The second-order valence-electron chi connectivity index (χ2n) is 3.76. The van der Waals surface area contributed by atoms with Crippen molar-refractivity contribution in [3.05, 3.63) is 70.0 Å². The zero-order chi connectivity index (χ0) is 13.0. The van der Waals surface area contributed by atoms with Crippen LogP contribution in [0.25, 0.3) is 0 Å². The quantitative estimate of drug-likeness (QED) is 0.664. The highest BCUT2D eigenvalue weighted by Crippen LogP contribution is 2.19. The average molecular weight is 246 g/mol. The number of para-hydroxylation sites is 1. The van der Waals surface area contributed by atoms with E-state index < -0.39 is 16.4 Å². The summed E-state index contributed by atoms with van der Waals surface area (Å²) in [5.41, 5.74) is 1.07. The molecule has 0 aliphatic carbocycles. The van der Waals surface area contributed by atoms with Gasteiger partial charge in [-0.05, 0) is 23.8 Å². The summed E-state index contributed by atoms with van der Waals surface area (Å²) >= 11 is 0. The Hall–Kier alpha value is -2.43. The standard InChI is InChI=1S/C13H11FN2O2/c14-12-7-6-10(8-13(12)16(17)18)9-15-11-4-2-1-3-5-11/h1-8,15H,9H2. The number of nitrogens with one attached hydrogen (secondary N) is 1. The molecule has 0 atom stereocenters. The molecule has 2 aromatic rings. The number of rotatable bonds is 4. The van der Waals surface area contributed by atoms with Gasteiger partial charge in [-0.1, -0.05) is 24.3 Å². The Balaban J connectivity index is 2.11. The van der Waals surface area contributed by atoms with Gasteiger partial charge in [-0.15, -0.1) is 0 Å². The van der Waals surface area contributed by atoms with Gasteiger partial charge in [0.15, 0.2) is 0 Å². The lowest BCUT2D eigenvalue weighted by atomic mass is 10.2. The monoisotopic (exact) mass is 246 g/mol. The van der Waals surface area contributed by atoms with Crippen molar-refractivity contribution in [2.45, 2.75) is 6.54 Å². The third-order valence-electron chi connectivity index (χ3n) is 2.48. The van der Waals surface area contributed by atoms with Crippen molar-refractivity contribution in [2.75, 3.05) is 5.32 Å². The molecule has 1 N–H and O–H groups in total. The fourth-order valence-electron chi connectivity index (χ4n) is 1.57. The average Bonchev–Trinajstić information content (AvgIpc) is 2.38. The van der Waals surface area contributed by atoms with Gasteiger partial charge in [-0.25, -0.2) is 0 Å². The molecule has 0 aliphatic rings. The van der Waals surface area contributed by atoms with Crippen molar-refractivity contribution in [1.82, 2.24) is 0 Å². The zero-order valence-electron chi connectivity index (χ0n) is 9.47. The molecule has 0 saturated heterocycles. The minimum Gasteiger partial charge on any atom is -0.381 e. The molecular weight excluding hydrogens is 235 g/mol. The molecule has 2 rings (SSSR count). The van der Waals surface area contributed by atoms with Crippen LogP contribution in [-0.4, -0.2) is 4.92 Å². The van der Waals surface area contributed by atoms with Crippen LogP contribution in [0.2, 0.25) is 0 Å². The second-order valence-corrected chi connectivity index (χ2v) is 3.76. The molecule has 0 spiro atoms. The number of nitrogens with zero attached hydrogens (tertiary/aromatic N) is 1. The third-order valence-corrected chi connectivity index (χ3v) is 2.48. The largest absolute Gasteiger partial charge is 0.381 e. The van der Waals surface area contributed by atoms with Crippen LogP contribution < -0.4 is 5.32 Å². The van der Waals surface area contributed by atoms with Gasteiger partial charge < -0.3 is 5.32 Å². The number of hydrogen-bond acceptors (Lipinski definition) is 3. The molecule has 18 heavy (non-hydrogen) atoms. The fourth-order valence-corrected chi connectivity index (χ4v) is 1.57. The molecule has 0 bridgehead atoms. The molecule has 0 aliphatic heterocycles. The van der Waals surface area contributed by atoms with Crippen LogP contribution in [0.1, 0.15) is 5.56 Å². The maximum absolute atomic E-state index is 13.1. The Morgan fingerprint density at radius 3 is 2.56 bits per heavy atom. The summed E-state index contributed by atoms with van der Waals surface area (Å²) in [5, 5.41) is 13.7. The van der Waals surface area contributed by atoms with Gasteiger partial charge in [-0.3, -0.25) is 10.1 Å². The number of halogens is 1. The number of nitro benzene ring substituents is 1. The maximum atomic E-state index is 13.1. The summed E-state index contributed by atoms with van der Waals surface area (Å²) in [5.74, 6) is -0.816. The van der Waals surface area contributed by atoms with Gasteiger partial charge in [0.25, 0.3) is 0 Å². The maximum Gasteiger partial charge on any atom is 0.305 e. The van der Waals surface area contributed by atoms with Gasteiger partial charge in [0.05, 0.1) is 4.92 Å². The molecule has 2 aromatic carbocycles. The third kappa shape index (κ3) is 2.82. The molecule has 0 heterocycles. The van der Waals surface area contributed by atoms with Crippen LogP contribution in [0.15, 0.2) is 48.5 Å². The minimum atomic E-state index is -0.816. The van der Waals surface area contributed by atoms with Gasteiger partial charge in [0, 0.05) is 18.3 Å². The van der Waals surface area contributed by atoms with E-state index in [1.165, 1.54) is 12.1 Å². The number of anilines is 1. The lowest BCUT2D eigenvalue weighted by Crippen LogP contribution is -2.01. The van der Waals surface area contributed by atoms with Crippen molar-refractivity contribution < 1.29 is 9.31 Å². The molecule has 0 radical (unpaired) electrons. The summed E-state index contributed by atoms with van der Waals surface area (Å²) in [6, 6.07) is 13.3. The summed E-state index contributed by atoms with van der Waals surface area (Å²) in [6.45, 7) is 0.408. The van der Waals surface area contributed by atoms with Crippen molar-refractivity contribution in [3.8, 4) is 0 Å². The van der Waals surface area contributed by atoms with Crippen LogP contribution in [0.3, 0.4) is 0 Å². The minimum absolute atomic E-state index is 0.408. The summed E-state index contributed by atoms with van der Waals surface area (Å²) in [6.07, 6.45) is 0. The fraction of sp³-hybridized carbons (Fsp3) is 0.0769. The van der Waals surface area contributed by atoms with Gasteiger partial charge in [0.2, 0.25) is 5.82 Å². The number of nitro groups is 1. The van der Waals surface area contributed by atoms with Crippen molar-refractivity contribution >= 4 is 11.4 Å². The van der Waals surface area contributed by atoms with Crippen LogP contribution >= 0.6 is 0 Å². The van der Waals surface area contributed by atoms with Crippen LogP contribution in [0, 0.1) is 15.9 Å². The van der Waals surface area contributed by atoms with Crippen LogP contribution in [0.4, 0.5) is 15.8 Å². The van der Waals surface area contributed by atoms with E-state index in [2.05, 4.69) is 5.32 Å². The summed E-state index contributed by atoms with van der Waals surface area (Å²) in [4.78, 5) is 9.87. The van der Waals surface area contributed by atoms with Crippen LogP contribution in [-0.2, 0) is 6.54 Å². The Kier molecular flexibility index (Phi) is 3.52. The molecule has 0 unspecified atom stereocenters. The highest BCUT2D eigenvalue weighted by atomic mass is 19.1. The number of hydrogen-bond donors (Lipinski definition) is 1. The van der Waals surface area contributed by atoms with E-state index in [-0.39, 0.29) is 0 Å². The van der Waals surface area contributed by atoms with Gasteiger partial charge in [-0.2, -0.15) is 4.39 Å². The first-order valence-electron chi connectivity index (χ1n) is 5.38. The second kappa shape index (κ2) is 5.27. The van der Waals surface area contributed by atoms with E-state index in [1.54, 1.807) is 0 Å². The lowest BCUT2D eigenvalue weighted by Gasteiger charge is -2.06. The Morgan fingerprint density at radius 2 is 1.89 bits per heavy atom. The van der Waals surface area contributed by atoms with Crippen molar-refractivity contribution in [1.29, 1.82) is 0 Å². The highest BCUT2D eigenvalue weighted by molar-refractivity contribution is 5.44.